The summed E-state index contributed by atoms with van der Waals surface area (Å²) in [6, 6.07) is 0. The number of Topliss-reactive ketones (excluding diaryl/α,β-unsaturated/α-hetero) is 1. The van der Waals surface area contributed by atoms with Crippen LogP contribution in [-0.2, 0) is 19.6 Å². The number of nitrogens with zero attached hydrogens (tertiary/aromatic N) is 1. The number of ketones is 1. The van der Waals surface area contributed by atoms with Gasteiger partial charge in [-0.25, -0.2) is 12.7 Å². The number of carbonyl (C=O) groups excluding carboxylic acids is 1. The van der Waals surface area contributed by atoms with Gasteiger partial charge in [0.15, 0.2) is 5.78 Å². The van der Waals surface area contributed by atoms with Gasteiger partial charge in [-0.05, 0) is 25.7 Å². The fraction of sp³-hybridized carbons (Fsp3) is 0.909. The Hall–Kier alpha value is -0.460. The summed E-state index contributed by atoms with van der Waals surface area (Å²) < 4.78 is 29.3. The number of methoxy groups -OCH3 is 1. The number of carbonyl (C=O) groups is 1. The van der Waals surface area contributed by atoms with Crippen molar-refractivity contribution >= 4 is 15.8 Å². The van der Waals surface area contributed by atoms with Crippen molar-refractivity contribution < 1.29 is 17.9 Å². The molecule has 2 unspecified atom stereocenters. The van der Waals surface area contributed by atoms with Crippen molar-refractivity contribution in [2.45, 2.75) is 32.3 Å². The number of rotatable bonds is 5. The molecule has 0 aromatic heterocycles. The second kappa shape index (κ2) is 5.93. The molecule has 5 nitrogen and oxygen atoms in total. The molecule has 100 valence electrons. The fourth-order valence-corrected chi connectivity index (χ4v) is 3.02. The normalized spacial score (nSPS) is 24.5. The number of hydrogen-bond donors (Lipinski definition) is 0. The monoisotopic (exact) mass is 263 g/mol. The molecule has 17 heavy (non-hydrogen) atoms. The van der Waals surface area contributed by atoms with E-state index in [1.807, 2.05) is 0 Å². The Morgan fingerprint density at radius 3 is 2.71 bits per heavy atom. The first-order valence-electron chi connectivity index (χ1n) is 5.85. The molecule has 0 aromatic carbocycles. The van der Waals surface area contributed by atoms with E-state index in [4.69, 9.17) is 4.74 Å². The van der Waals surface area contributed by atoms with Crippen LogP contribution in [-0.4, -0.2) is 51.1 Å². The lowest BCUT2D eigenvalue weighted by molar-refractivity contribution is -0.129. The maximum atomic E-state index is 11.7. The van der Waals surface area contributed by atoms with E-state index in [-0.39, 0.29) is 11.7 Å². The third kappa shape index (κ3) is 4.37. The number of ether oxygens (including phenoxy) is 1. The minimum absolute atomic E-state index is 0.0489. The summed E-state index contributed by atoms with van der Waals surface area (Å²) in [5, 5.41) is 0. The highest BCUT2D eigenvalue weighted by Gasteiger charge is 2.28. The smallest absolute Gasteiger partial charge is 0.211 e. The molecule has 0 amide bonds. The molecule has 2 atom stereocenters. The van der Waals surface area contributed by atoms with Gasteiger partial charge in [-0.15, -0.1) is 0 Å². The highest BCUT2D eigenvalue weighted by Crippen LogP contribution is 2.22. The molecule has 1 rings (SSSR count). The van der Waals surface area contributed by atoms with Crippen LogP contribution in [0.15, 0.2) is 0 Å². The molecule has 0 spiro atoms. The van der Waals surface area contributed by atoms with E-state index in [9.17, 15) is 13.2 Å². The zero-order valence-electron chi connectivity index (χ0n) is 10.7. The Morgan fingerprint density at radius 1 is 1.53 bits per heavy atom. The Bertz CT molecular complexity index is 366. The second-order valence-electron chi connectivity index (χ2n) is 4.68. The van der Waals surface area contributed by atoms with Gasteiger partial charge in [0.1, 0.15) is 6.10 Å². The van der Waals surface area contributed by atoms with Crippen molar-refractivity contribution in [3.05, 3.63) is 0 Å². The van der Waals surface area contributed by atoms with Crippen molar-refractivity contribution in [2.24, 2.45) is 5.92 Å². The largest absolute Gasteiger partial charge is 0.374 e. The zero-order valence-corrected chi connectivity index (χ0v) is 11.5. The topological polar surface area (TPSA) is 63.7 Å². The van der Waals surface area contributed by atoms with E-state index < -0.39 is 16.1 Å². The molecule has 1 saturated heterocycles. The Morgan fingerprint density at radius 2 is 2.18 bits per heavy atom. The van der Waals surface area contributed by atoms with Crippen LogP contribution in [0.2, 0.25) is 0 Å². The lowest BCUT2D eigenvalue weighted by Gasteiger charge is -2.30. The molecule has 0 N–H and O–H groups in total. The predicted molar refractivity (Wildman–Crippen MR) is 65.2 cm³/mol. The van der Waals surface area contributed by atoms with Gasteiger partial charge in [0.2, 0.25) is 10.0 Å². The molecular weight excluding hydrogens is 242 g/mol. The van der Waals surface area contributed by atoms with E-state index in [0.717, 1.165) is 12.8 Å². The Kier molecular flexibility index (Phi) is 5.09. The third-order valence-electron chi connectivity index (χ3n) is 3.25. The van der Waals surface area contributed by atoms with Crippen LogP contribution in [0.3, 0.4) is 0 Å². The van der Waals surface area contributed by atoms with E-state index >= 15 is 0 Å². The third-order valence-corrected chi connectivity index (χ3v) is 4.52. The van der Waals surface area contributed by atoms with Crippen LogP contribution >= 0.6 is 0 Å². The molecule has 1 aliphatic rings. The summed E-state index contributed by atoms with van der Waals surface area (Å²) >= 11 is 0. The lowest BCUT2D eigenvalue weighted by atomic mass is 9.93. The summed E-state index contributed by atoms with van der Waals surface area (Å²) in [6.07, 6.45) is 2.96. The second-order valence-corrected chi connectivity index (χ2v) is 6.66. The van der Waals surface area contributed by atoms with Crippen molar-refractivity contribution in [2.75, 3.05) is 26.5 Å². The minimum Gasteiger partial charge on any atom is -0.374 e. The maximum absolute atomic E-state index is 11.7. The molecule has 1 aliphatic heterocycles. The summed E-state index contributed by atoms with van der Waals surface area (Å²) in [7, 11) is -1.62. The predicted octanol–water partition coefficient (Wildman–Crippen LogP) is 0.652. The van der Waals surface area contributed by atoms with Gasteiger partial charge in [-0.1, -0.05) is 0 Å². The fourth-order valence-electron chi connectivity index (χ4n) is 2.08. The maximum Gasteiger partial charge on any atom is 0.211 e. The highest BCUT2D eigenvalue weighted by molar-refractivity contribution is 7.88. The zero-order chi connectivity index (χ0) is 13.1. The number of piperidine rings is 1. The first-order valence-corrected chi connectivity index (χ1v) is 7.70. The van der Waals surface area contributed by atoms with Crippen LogP contribution in [0.1, 0.15) is 26.2 Å². The van der Waals surface area contributed by atoms with E-state index in [1.165, 1.54) is 17.7 Å². The van der Waals surface area contributed by atoms with Crippen LogP contribution in [0.5, 0.6) is 0 Å². The average molecular weight is 263 g/mol. The van der Waals surface area contributed by atoms with Crippen LogP contribution in [0.25, 0.3) is 0 Å². The summed E-state index contributed by atoms with van der Waals surface area (Å²) in [4.78, 5) is 11.7. The van der Waals surface area contributed by atoms with E-state index in [2.05, 4.69) is 0 Å². The lowest BCUT2D eigenvalue weighted by Crippen LogP contribution is -2.40. The molecule has 0 aliphatic carbocycles. The van der Waals surface area contributed by atoms with Crippen molar-refractivity contribution in [3.63, 3.8) is 0 Å². The van der Waals surface area contributed by atoms with Crippen LogP contribution in [0.4, 0.5) is 0 Å². The van der Waals surface area contributed by atoms with Gasteiger partial charge >= 0.3 is 0 Å². The first-order chi connectivity index (χ1) is 7.84. The SMILES string of the molecule is COC(C)C(=O)CC1CCCN(S(C)(=O)=O)C1. The summed E-state index contributed by atoms with van der Waals surface area (Å²) in [5.74, 6) is 0.177. The molecule has 6 heteroatoms. The summed E-state index contributed by atoms with van der Waals surface area (Å²) in [5.41, 5.74) is 0. The van der Waals surface area contributed by atoms with Crippen LogP contribution < -0.4 is 0 Å². The number of hydrogen-bond acceptors (Lipinski definition) is 4. The van der Waals surface area contributed by atoms with Gasteiger partial charge in [0.05, 0.1) is 6.26 Å². The van der Waals surface area contributed by atoms with Gasteiger partial charge in [-0.3, -0.25) is 4.79 Å². The Labute approximate surface area is 103 Å². The molecule has 1 fully saturated rings. The van der Waals surface area contributed by atoms with Crippen molar-refractivity contribution in [1.29, 1.82) is 0 Å². The Balaban J connectivity index is 2.53. The molecule has 0 bridgehead atoms. The molecular formula is C11H21NO4S. The van der Waals surface area contributed by atoms with Crippen molar-refractivity contribution in [3.8, 4) is 0 Å². The van der Waals surface area contributed by atoms with E-state index in [1.54, 1.807) is 6.92 Å². The number of sulfonamides is 1. The summed E-state index contributed by atoms with van der Waals surface area (Å²) in [6.45, 7) is 2.75. The quantitative estimate of drug-likeness (QED) is 0.730. The standard InChI is InChI=1S/C11H21NO4S/c1-9(16-2)11(13)7-10-5-4-6-12(8-10)17(3,14)15/h9-10H,4-8H2,1-3H3. The van der Waals surface area contributed by atoms with Crippen molar-refractivity contribution in [1.82, 2.24) is 4.31 Å². The molecule has 0 radical (unpaired) electrons. The van der Waals surface area contributed by atoms with Gasteiger partial charge in [0.25, 0.3) is 0 Å². The van der Waals surface area contributed by atoms with Gasteiger partial charge < -0.3 is 4.74 Å². The minimum atomic E-state index is -3.13. The molecule has 0 saturated carbocycles. The van der Waals surface area contributed by atoms with Gasteiger partial charge in [-0.2, -0.15) is 0 Å². The van der Waals surface area contributed by atoms with E-state index in [0.29, 0.717) is 19.5 Å². The van der Waals surface area contributed by atoms with Crippen LogP contribution in [0, 0.1) is 5.92 Å². The average Bonchev–Trinajstić information content (AvgIpc) is 2.27. The van der Waals surface area contributed by atoms with Gasteiger partial charge in [0, 0.05) is 26.6 Å². The highest BCUT2D eigenvalue weighted by atomic mass is 32.2. The molecule has 1 heterocycles. The first kappa shape index (κ1) is 14.6. The molecule has 0 aromatic rings.